The molecule has 0 bridgehead atoms. The molecule has 9 nitrogen and oxygen atoms in total. The van der Waals surface area contributed by atoms with Crippen molar-refractivity contribution in [3.05, 3.63) is 42.1 Å². The van der Waals surface area contributed by atoms with Crippen LogP contribution in [0.1, 0.15) is 10.4 Å². The molecule has 1 aromatic heterocycles. The number of hydrogen-bond acceptors (Lipinski definition) is 7. The fourth-order valence-electron chi connectivity index (χ4n) is 2.19. The molecule has 1 heterocycles. The molecule has 0 saturated heterocycles. The van der Waals surface area contributed by atoms with Crippen LogP contribution in [0.15, 0.2) is 41.4 Å². The maximum absolute atomic E-state index is 12.5. The highest BCUT2D eigenvalue weighted by Crippen LogP contribution is 2.27. The van der Waals surface area contributed by atoms with Crippen LogP contribution >= 0.6 is 0 Å². The van der Waals surface area contributed by atoms with Gasteiger partial charge in [-0.15, -0.1) is 0 Å². The lowest BCUT2D eigenvalue weighted by Crippen LogP contribution is -2.23. The molecule has 152 valence electrons. The smallest absolute Gasteiger partial charge is 0.255 e. The first-order valence-electron chi connectivity index (χ1n) is 8.29. The first-order chi connectivity index (χ1) is 13.3. The monoisotopic (exact) mass is 409 g/mol. The zero-order chi connectivity index (χ0) is 20.7. The lowest BCUT2D eigenvalue weighted by atomic mass is 10.2. The van der Waals surface area contributed by atoms with Gasteiger partial charge in [0.05, 0.1) is 25.6 Å². The van der Waals surface area contributed by atoms with Crippen molar-refractivity contribution < 1.29 is 27.4 Å². The quantitative estimate of drug-likeness (QED) is 0.627. The molecule has 2 aromatic rings. The maximum atomic E-state index is 12.5. The number of pyridine rings is 1. The molecular weight excluding hydrogens is 386 g/mol. The number of methoxy groups -OCH3 is 2. The number of aromatic nitrogens is 1. The van der Waals surface area contributed by atoms with Gasteiger partial charge in [0.2, 0.25) is 15.9 Å². The van der Waals surface area contributed by atoms with Crippen molar-refractivity contribution in [2.75, 3.05) is 46.8 Å². The number of benzene rings is 1. The third-order valence-electron chi connectivity index (χ3n) is 3.72. The van der Waals surface area contributed by atoms with E-state index in [2.05, 4.69) is 10.3 Å². The van der Waals surface area contributed by atoms with Gasteiger partial charge in [-0.3, -0.25) is 4.79 Å². The third kappa shape index (κ3) is 5.18. The second-order valence-electron chi connectivity index (χ2n) is 5.83. The summed E-state index contributed by atoms with van der Waals surface area (Å²) < 4.78 is 41.4. The van der Waals surface area contributed by atoms with E-state index < -0.39 is 15.9 Å². The topological polar surface area (TPSA) is 107 Å². The molecule has 0 atom stereocenters. The largest absolute Gasteiger partial charge is 0.495 e. The van der Waals surface area contributed by atoms with Gasteiger partial charge < -0.3 is 19.5 Å². The van der Waals surface area contributed by atoms with E-state index in [4.69, 9.17) is 14.2 Å². The fourth-order valence-corrected chi connectivity index (χ4v) is 3.26. The second-order valence-corrected chi connectivity index (χ2v) is 7.95. The van der Waals surface area contributed by atoms with Gasteiger partial charge in [-0.2, -0.15) is 0 Å². The molecule has 0 aliphatic rings. The molecule has 1 aromatic carbocycles. The predicted molar refractivity (Wildman–Crippen MR) is 103 cm³/mol. The number of nitrogens with one attached hydrogen (secondary N) is 1. The summed E-state index contributed by atoms with van der Waals surface area (Å²) >= 11 is 0. The number of amides is 1. The van der Waals surface area contributed by atoms with Crippen LogP contribution in [0.25, 0.3) is 0 Å². The van der Waals surface area contributed by atoms with E-state index in [9.17, 15) is 13.2 Å². The Hall–Kier alpha value is -2.69. The second kappa shape index (κ2) is 9.49. The molecule has 1 N–H and O–H groups in total. The molecule has 0 fully saturated rings. The van der Waals surface area contributed by atoms with E-state index in [1.165, 1.54) is 45.6 Å². The lowest BCUT2D eigenvalue weighted by molar-refractivity contribution is 0.102. The number of sulfonamides is 1. The summed E-state index contributed by atoms with van der Waals surface area (Å²) in [5, 5.41) is 2.67. The van der Waals surface area contributed by atoms with Gasteiger partial charge >= 0.3 is 0 Å². The third-order valence-corrected chi connectivity index (χ3v) is 5.55. The van der Waals surface area contributed by atoms with E-state index in [-0.39, 0.29) is 16.2 Å². The number of anilines is 1. The average Bonchev–Trinajstić information content (AvgIpc) is 2.68. The summed E-state index contributed by atoms with van der Waals surface area (Å²) in [6.45, 7) is 0.806. The number of hydrogen-bond donors (Lipinski definition) is 1. The molecule has 10 heteroatoms. The van der Waals surface area contributed by atoms with Crippen LogP contribution in [-0.4, -0.2) is 65.1 Å². The van der Waals surface area contributed by atoms with Crippen LogP contribution in [0.2, 0.25) is 0 Å². The van der Waals surface area contributed by atoms with Gasteiger partial charge in [0.25, 0.3) is 5.91 Å². The minimum Gasteiger partial charge on any atom is -0.495 e. The van der Waals surface area contributed by atoms with E-state index in [1.807, 2.05) is 0 Å². The van der Waals surface area contributed by atoms with Crippen molar-refractivity contribution in [3.63, 3.8) is 0 Å². The molecule has 0 radical (unpaired) electrons. The molecule has 0 spiro atoms. The Balaban J connectivity index is 2.18. The summed E-state index contributed by atoms with van der Waals surface area (Å²) in [6, 6.07) is 7.45. The van der Waals surface area contributed by atoms with Gasteiger partial charge in [-0.25, -0.2) is 17.7 Å². The Bertz CT molecular complexity index is 913. The highest BCUT2D eigenvalue weighted by Gasteiger charge is 2.24. The SMILES string of the molecule is COCCOc1ccc(NC(=O)c2ccc(OC)c(S(=O)(=O)N(C)C)c2)cn1. The molecular formula is C18H23N3O6S. The summed E-state index contributed by atoms with van der Waals surface area (Å²) in [4.78, 5) is 16.5. The Morgan fingerprint density at radius 1 is 1.14 bits per heavy atom. The van der Waals surface area contributed by atoms with Gasteiger partial charge in [-0.05, 0) is 24.3 Å². The fraction of sp³-hybridized carbons (Fsp3) is 0.333. The van der Waals surface area contributed by atoms with Crippen molar-refractivity contribution in [2.45, 2.75) is 4.90 Å². The summed E-state index contributed by atoms with van der Waals surface area (Å²) in [7, 11) is 1.98. The van der Waals surface area contributed by atoms with Crippen LogP contribution in [0.5, 0.6) is 11.6 Å². The molecule has 0 aliphatic carbocycles. The first-order valence-corrected chi connectivity index (χ1v) is 9.73. The summed E-state index contributed by atoms with van der Waals surface area (Å²) in [6.07, 6.45) is 1.45. The number of ether oxygens (including phenoxy) is 3. The lowest BCUT2D eigenvalue weighted by Gasteiger charge is -2.15. The van der Waals surface area contributed by atoms with E-state index in [0.717, 1.165) is 4.31 Å². The molecule has 28 heavy (non-hydrogen) atoms. The summed E-state index contributed by atoms with van der Waals surface area (Å²) in [5.74, 6) is 0.0797. The zero-order valence-electron chi connectivity index (χ0n) is 16.1. The van der Waals surface area contributed by atoms with Crippen molar-refractivity contribution >= 4 is 21.6 Å². The van der Waals surface area contributed by atoms with Crippen molar-refractivity contribution in [2.24, 2.45) is 0 Å². The average molecular weight is 409 g/mol. The standard InChI is InChI=1S/C18H23N3O6S/c1-21(2)28(23,24)16-11-13(5-7-15(16)26-4)18(22)20-14-6-8-17(19-12-14)27-10-9-25-3/h5-8,11-12H,9-10H2,1-4H3,(H,20,22). The number of nitrogens with zero attached hydrogens (tertiary/aromatic N) is 2. The number of rotatable bonds is 9. The Kier molecular flexibility index (Phi) is 7.32. The predicted octanol–water partition coefficient (Wildman–Crippen LogP) is 1.62. The maximum Gasteiger partial charge on any atom is 0.255 e. The van der Waals surface area contributed by atoms with Gasteiger partial charge in [-0.1, -0.05) is 0 Å². The highest BCUT2D eigenvalue weighted by atomic mass is 32.2. The molecule has 0 saturated carbocycles. The van der Waals surface area contributed by atoms with Gasteiger partial charge in [0.15, 0.2) is 0 Å². The minimum atomic E-state index is -3.78. The van der Waals surface area contributed by atoms with Crippen LogP contribution in [0.4, 0.5) is 5.69 Å². The Labute approximate surface area is 164 Å². The van der Waals surface area contributed by atoms with E-state index >= 15 is 0 Å². The Morgan fingerprint density at radius 3 is 2.46 bits per heavy atom. The van der Waals surface area contributed by atoms with Crippen molar-refractivity contribution in [1.29, 1.82) is 0 Å². The van der Waals surface area contributed by atoms with Crippen LogP contribution in [0.3, 0.4) is 0 Å². The van der Waals surface area contributed by atoms with Crippen LogP contribution in [-0.2, 0) is 14.8 Å². The van der Waals surface area contributed by atoms with Crippen molar-refractivity contribution in [1.82, 2.24) is 9.29 Å². The van der Waals surface area contributed by atoms with Crippen molar-refractivity contribution in [3.8, 4) is 11.6 Å². The number of carbonyl (C=O) groups is 1. The van der Waals surface area contributed by atoms with Gasteiger partial charge in [0.1, 0.15) is 17.3 Å². The molecule has 0 aliphatic heterocycles. The van der Waals surface area contributed by atoms with E-state index in [0.29, 0.717) is 24.8 Å². The highest BCUT2D eigenvalue weighted by molar-refractivity contribution is 7.89. The van der Waals surface area contributed by atoms with Crippen LogP contribution < -0.4 is 14.8 Å². The Morgan fingerprint density at radius 2 is 1.89 bits per heavy atom. The zero-order valence-corrected chi connectivity index (χ0v) is 16.9. The molecule has 1 amide bonds. The summed E-state index contributed by atoms with van der Waals surface area (Å²) in [5.41, 5.74) is 0.610. The van der Waals surface area contributed by atoms with Crippen LogP contribution in [0, 0.1) is 0 Å². The van der Waals surface area contributed by atoms with Gasteiger partial charge in [0, 0.05) is 32.8 Å². The minimum absolute atomic E-state index is 0.0901. The normalized spacial score (nSPS) is 11.3. The first kappa shape index (κ1) is 21.6. The molecule has 2 rings (SSSR count). The number of carbonyl (C=O) groups excluding carboxylic acids is 1. The van der Waals surface area contributed by atoms with E-state index in [1.54, 1.807) is 19.2 Å². The molecule has 0 unspecified atom stereocenters.